The summed E-state index contributed by atoms with van der Waals surface area (Å²) in [4.78, 5) is 20.8. The van der Waals surface area contributed by atoms with E-state index in [2.05, 4.69) is 15.3 Å². The van der Waals surface area contributed by atoms with Crippen molar-refractivity contribution in [2.45, 2.75) is 51.7 Å². The van der Waals surface area contributed by atoms with E-state index in [0.29, 0.717) is 12.0 Å². The molecule has 38 heavy (non-hydrogen) atoms. The highest BCUT2D eigenvalue weighted by molar-refractivity contribution is 7.15. The van der Waals surface area contributed by atoms with Gasteiger partial charge >= 0.3 is 12.3 Å². The minimum atomic E-state index is -4.44. The van der Waals surface area contributed by atoms with Gasteiger partial charge in [0.1, 0.15) is 0 Å². The molecular formula is C28H27F4N3O2S. The average molecular weight is 546 g/mol. The van der Waals surface area contributed by atoms with Crippen molar-refractivity contribution in [3.05, 3.63) is 83.0 Å². The Morgan fingerprint density at radius 3 is 2.34 bits per heavy atom. The molecule has 0 aliphatic heterocycles. The van der Waals surface area contributed by atoms with Gasteiger partial charge in [-0.05, 0) is 53.0 Å². The molecular weight excluding hydrogens is 518 g/mol. The maximum atomic E-state index is 13.6. The molecule has 2 aromatic carbocycles. The second-order valence-corrected chi connectivity index (χ2v) is 11.4. The van der Waals surface area contributed by atoms with Gasteiger partial charge in [0.05, 0.1) is 15.4 Å². The zero-order valence-electron chi connectivity index (χ0n) is 21.0. The number of hydrogen-bond donors (Lipinski definition) is 2. The van der Waals surface area contributed by atoms with Crippen LogP contribution in [0.25, 0.3) is 21.2 Å². The van der Waals surface area contributed by atoms with Crippen LogP contribution in [0.3, 0.4) is 0 Å². The van der Waals surface area contributed by atoms with Crippen LogP contribution in [0.15, 0.2) is 60.9 Å². The first-order valence-electron chi connectivity index (χ1n) is 12.0. The molecule has 2 atom stereocenters. The van der Waals surface area contributed by atoms with Crippen molar-refractivity contribution in [2.24, 2.45) is 5.41 Å². The molecule has 0 saturated carbocycles. The number of aromatic nitrogens is 2. The number of halogens is 4. The van der Waals surface area contributed by atoms with Crippen molar-refractivity contribution in [3.8, 4) is 10.4 Å². The first kappa shape index (κ1) is 27.5. The Hall–Kier alpha value is -3.53. The molecule has 2 aromatic heterocycles. The molecule has 200 valence electrons. The number of carboxylic acid groups (broad SMARTS) is 1. The molecule has 0 saturated heterocycles. The van der Waals surface area contributed by atoms with Gasteiger partial charge in [0.15, 0.2) is 0 Å². The van der Waals surface area contributed by atoms with Crippen LogP contribution in [0, 0.1) is 11.4 Å². The van der Waals surface area contributed by atoms with Crippen LogP contribution < -0.4 is 5.32 Å². The quantitative estimate of drug-likeness (QED) is 0.183. The molecule has 0 aliphatic rings. The van der Waals surface area contributed by atoms with E-state index < -0.39 is 29.8 Å². The lowest BCUT2D eigenvalue weighted by Gasteiger charge is -2.32. The van der Waals surface area contributed by atoms with E-state index in [1.165, 1.54) is 35.7 Å². The summed E-state index contributed by atoms with van der Waals surface area (Å²) in [7, 11) is 0. The summed E-state index contributed by atoms with van der Waals surface area (Å²) in [6.07, 6.45) is -1.76. The van der Waals surface area contributed by atoms with Crippen LogP contribution in [0.1, 0.15) is 49.2 Å². The van der Waals surface area contributed by atoms with Crippen LogP contribution in [-0.4, -0.2) is 27.2 Å². The van der Waals surface area contributed by atoms with Crippen LogP contribution >= 0.6 is 11.3 Å². The first-order valence-corrected chi connectivity index (χ1v) is 12.8. The monoisotopic (exact) mass is 545 g/mol. The first-order chi connectivity index (χ1) is 17.8. The third-order valence-corrected chi connectivity index (χ3v) is 7.61. The summed E-state index contributed by atoms with van der Waals surface area (Å²) in [6.45, 7) is 6.13. The number of thiazole rings is 1. The number of benzene rings is 2. The topological polar surface area (TPSA) is 75.1 Å². The normalized spacial score (nSPS) is 13.9. The lowest BCUT2D eigenvalue weighted by Crippen LogP contribution is -2.38. The van der Waals surface area contributed by atoms with Crippen LogP contribution in [0.2, 0.25) is 0 Å². The third-order valence-electron chi connectivity index (χ3n) is 6.45. The Labute approximate surface area is 221 Å². The average Bonchev–Trinajstić information content (AvgIpc) is 3.30. The van der Waals surface area contributed by atoms with E-state index in [4.69, 9.17) is 0 Å². The minimum Gasteiger partial charge on any atom is -0.465 e. The molecule has 4 rings (SSSR count). The standard InChI is InChI=1S/C28H27F4N3O2S/c1-27(2,3)22(13-21(35-26(36)37)10-16-4-8-20(9-5-16)28(30,31)32)25-34-15-23(38-25)17-6-7-18-14-33-24(29)12-19(18)11-17/h4-9,11-12,14-15,21-22,35H,10,13H2,1-3H3,(H,36,37)/t21?,22-/m0/s1. The molecule has 0 fully saturated rings. The predicted molar refractivity (Wildman–Crippen MR) is 140 cm³/mol. The van der Waals surface area contributed by atoms with Gasteiger partial charge in [-0.2, -0.15) is 17.6 Å². The summed E-state index contributed by atoms with van der Waals surface area (Å²) >= 11 is 1.48. The number of alkyl halides is 3. The Morgan fingerprint density at radius 1 is 1.00 bits per heavy atom. The van der Waals surface area contributed by atoms with Gasteiger partial charge in [-0.15, -0.1) is 11.3 Å². The van der Waals surface area contributed by atoms with Gasteiger partial charge in [0.2, 0.25) is 5.95 Å². The van der Waals surface area contributed by atoms with E-state index in [1.807, 2.05) is 39.0 Å². The highest BCUT2D eigenvalue weighted by Crippen LogP contribution is 2.42. The second kappa shape index (κ2) is 10.7. The molecule has 1 amide bonds. The fraction of sp³-hybridized carbons (Fsp3) is 0.321. The van der Waals surface area contributed by atoms with E-state index in [9.17, 15) is 27.5 Å². The third kappa shape index (κ3) is 6.66. The molecule has 0 spiro atoms. The van der Waals surface area contributed by atoms with Gasteiger partial charge in [0.25, 0.3) is 0 Å². The van der Waals surface area contributed by atoms with Gasteiger partial charge < -0.3 is 10.4 Å². The molecule has 0 bridgehead atoms. The maximum Gasteiger partial charge on any atom is 0.416 e. The van der Waals surface area contributed by atoms with E-state index in [-0.39, 0.29) is 17.8 Å². The highest BCUT2D eigenvalue weighted by Gasteiger charge is 2.33. The number of amides is 1. The van der Waals surface area contributed by atoms with Crippen molar-refractivity contribution in [3.63, 3.8) is 0 Å². The predicted octanol–water partition coefficient (Wildman–Crippen LogP) is 7.91. The molecule has 1 unspecified atom stereocenters. The Balaban J connectivity index is 1.60. The summed E-state index contributed by atoms with van der Waals surface area (Å²) in [6, 6.07) is 11.3. The summed E-state index contributed by atoms with van der Waals surface area (Å²) in [5.41, 5.74) is 0.442. The SMILES string of the molecule is CC(C)(C)[C@@H](CC(Cc1ccc(C(F)(F)F)cc1)NC(=O)O)c1ncc(-c2ccc3cnc(F)cc3c2)s1. The van der Waals surface area contributed by atoms with Crippen molar-refractivity contribution in [1.29, 1.82) is 0 Å². The van der Waals surface area contributed by atoms with Crippen molar-refractivity contribution >= 4 is 28.2 Å². The van der Waals surface area contributed by atoms with Crippen molar-refractivity contribution in [2.75, 3.05) is 0 Å². The minimum absolute atomic E-state index is 0.144. The number of nitrogens with one attached hydrogen (secondary N) is 1. The number of fused-ring (bicyclic) bond motifs is 1. The van der Waals surface area contributed by atoms with E-state index in [0.717, 1.165) is 38.4 Å². The van der Waals surface area contributed by atoms with Gasteiger partial charge in [-0.1, -0.05) is 45.0 Å². The molecule has 10 heteroatoms. The number of hydrogen-bond acceptors (Lipinski definition) is 4. The number of pyridine rings is 1. The van der Waals surface area contributed by atoms with Crippen molar-refractivity contribution < 1.29 is 27.5 Å². The van der Waals surface area contributed by atoms with Gasteiger partial charge in [0, 0.05) is 35.8 Å². The second-order valence-electron chi connectivity index (χ2n) is 10.3. The highest BCUT2D eigenvalue weighted by atomic mass is 32.1. The Kier molecular flexibility index (Phi) is 7.73. The Bertz CT molecular complexity index is 1430. The maximum absolute atomic E-state index is 13.6. The molecule has 0 aliphatic carbocycles. The van der Waals surface area contributed by atoms with Crippen LogP contribution in [0.4, 0.5) is 22.4 Å². The summed E-state index contributed by atoms with van der Waals surface area (Å²) in [5, 5.41) is 14.4. The van der Waals surface area contributed by atoms with Crippen LogP contribution in [0.5, 0.6) is 0 Å². The van der Waals surface area contributed by atoms with Crippen molar-refractivity contribution in [1.82, 2.24) is 15.3 Å². The Morgan fingerprint density at radius 2 is 1.71 bits per heavy atom. The lowest BCUT2D eigenvalue weighted by atomic mass is 9.76. The zero-order chi connectivity index (χ0) is 27.7. The number of rotatable bonds is 7. The molecule has 0 radical (unpaired) electrons. The smallest absolute Gasteiger partial charge is 0.416 e. The van der Waals surface area contributed by atoms with E-state index >= 15 is 0 Å². The molecule has 2 heterocycles. The number of carbonyl (C=O) groups is 1. The molecule has 2 N–H and O–H groups in total. The molecule has 5 nitrogen and oxygen atoms in total. The summed E-state index contributed by atoms with van der Waals surface area (Å²) < 4.78 is 52.5. The lowest BCUT2D eigenvalue weighted by molar-refractivity contribution is -0.137. The van der Waals surface area contributed by atoms with Crippen LogP contribution in [-0.2, 0) is 12.6 Å². The summed E-state index contributed by atoms with van der Waals surface area (Å²) in [5.74, 6) is -0.702. The van der Waals surface area contributed by atoms with Gasteiger partial charge in [-0.3, -0.25) is 0 Å². The van der Waals surface area contributed by atoms with E-state index in [1.54, 1.807) is 6.20 Å². The fourth-order valence-electron chi connectivity index (χ4n) is 4.44. The largest absolute Gasteiger partial charge is 0.465 e. The molecule has 4 aromatic rings. The van der Waals surface area contributed by atoms with Gasteiger partial charge in [-0.25, -0.2) is 14.8 Å². The fourth-order valence-corrected chi connectivity index (χ4v) is 5.71. The number of nitrogens with zero attached hydrogens (tertiary/aromatic N) is 2. The zero-order valence-corrected chi connectivity index (χ0v) is 21.8.